The number of aliphatic hydroxyl groups excluding tert-OH is 1. The minimum atomic E-state index is -1.18. The summed E-state index contributed by atoms with van der Waals surface area (Å²) in [4.78, 5) is 14.3. The van der Waals surface area contributed by atoms with Gasteiger partial charge >= 0.3 is 0 Å². The average molecular weight is 182 g/mol. The van der Waals surface area contributed by atoms with E-state index in [0.717, 1.165) is 0 Å². The summed E-state index contributed by atoms with van der Waals surface area (Å²) in [6.45, 7) is 0. The molecule has 2 rings (SSSR count). The molecule has 2 N–H and O–H groups in total. The molecular formula is C8H7FN2O2. The Hall–Kier alpha value is -1.49. The Bertz CT molecular complexity index is 356. The van der Waals surface area contributed by atoms with Gasteiger partial charge in [0.15, 0.2) is 6.10 Å². The van der Waals surface area contributed by atoms with Crippen LogP contribution in [0.15, 0.2) is 18.3 Å². The fourth-order valence-corrected chi connectivity index (χ4v) is 1.22. The highest BCUT2D eigenvalue weighted by atomic mass is 19.1. The number of amides is 1. The van der Waals surface area contributed by atoms with E-state index in [2.05, 4.69) is 10.3 Å². The highest BCUT2D eigenvalue weighted by Gasteiger charge is 2.40. The van der Waals surface area contributed by atoms with E-state index < -0.39 is 23.9 Å². The minimum absolute atomic E-state index is 0.0783. The van der Waals surface area contributed by atoms with Crippen molar-refractivity contribution in [3.05, 3.63) is 29.8 Å². The van der Waals surface area contributed by atoms with Crippen LogP contribution >= 0.6 is 0 Å². The van der Waals surface area contributed by atoms with E-state index in [1.165, 1.54) is 18.3 Å². The zero-order valence-corrected chi connectivity index (χ0v) is 6.57. The van der Waals surface area contributed by atoms with Crippen molar-refractivity contribution in [1.29, 1.82) is 0 Å². The van der Waals surface area contributed by atoms with Gasteiger partial charge in [-0.05, 0) is 12.1 Å². The SMILES string of the molecule is O=C1NC(c2ncccc2F)C1O. The second-order valence-electron chi connectivity index (χ2n) is 2.80. The first-order chi connectivity index (χ1) is 6.20. The zero-order chi connectivity index (χ0) is 9.42. The van der Waals surface area contributed by atoms with Crippen LogP contribution < -0.4 is 5.32 Å². The molecule has 0 bridgehead atoms. The van der Waals surface area contributed by atoms with Gasteiger partial charge in [-0.15, -0.1) is 0 Å². The standard InChI is InChI=1S/C8H7FN2O2/c9-4-2-1-3-10-5(4)6-7(12)8(13)11-6/h1-3,6-7,12H,(H,11,13). The Kier molecular flexibility index (Phi) is 1.73. The molecular weight excluding hydrogens is 175 g/mol. The van der Waals surface area contributed by atoms with Crippen molar-refractivity contribution in [2.75, 3.05) is 0 Å². The number of aliphatic hydroxyl groups is 1. The van der Waals surface area contributed by atoms with Gasteiger partial charge in [-0.1, -0.05) is 0 Å². The first kappa shape index (κ1) is 8.12. The third-order valence-electron chi connectivity index (χ3n) is 1.96. The van der Waals surface area contributed by atoms with Crippen LogP contribution in [0.4, 0.5) is 4.39 Å². The Balaban J connectivity index is 2.27. The number of β-lactam (4-membered cyclic amide) rings is 1. The van der Waals surface area contributed by atoms with Crippen LogP contribution in [0.1, 0.15) is 11.7 Å². The van der Waals surface area contributed by atoms with Crippen LogP contribution in [-0.2, 0) is 4.79 Å². The lowest BCUT2D eigenvalue weighted by Gasteiger charge is -2.32. The molecule has 1 amide bonds. The molecule has 0 aliphatic carbocycles. The van der Waals surface area contributed by atoms with Gasteiger partial charge in [0.1, 0.15) is 17.6 Å². The summed E-state index contributed by atoms with van der Waals surface area (Å²) in [6.07, 6.45) is 0.236. The molecule has 0 spiro atoms. The predicted octanol–water partition coefficient (Wildman–Crippen LogP) is -0.247. The molecule has 68 valence electrons. The maximum atomic E-state index is 13.0. The van der Waals surface area contributed by atoms with E-state index in [1.807, 2.05) is 0 Å². The lowest BCUT2D eigenvalue weighted by atomic mass is 9.98. The van der Waals surface area contributed by atoms with Gasteiger partial charge in [0, 0.05) is 6.20 Å². The van der Waals surface area contributed by atoms with Gasteiger partial charge in [-0.25, -0.2) is 4.39 Å². The summed E-state index contributed by atoms with van der Waals surface area (Å²) >= 11 is 0. The van der Waals surface area contributed by atoms with Crippen LogP contribution in [0, 0.1) is 5.82 Å². The molecule has 5 heteroatoms. The van der Waals surface area contributed by atoms with Crippen molar-refractivity contribution >= 4 is 5.91 Å². The van der Waals surface area contributed by atoms with Crippen molar-refractivity contribution in [2.24, 2.45) is 0 Å². The summed E-state index contributed by atoms with van der Waals surface area (Å²) in [6, 6.07) is 1.99. The summed E-state index contributed by atoms with van der Waals surface area (Å²) in [5.41, 5.74) is 0.0783. The van der Waals surface area contributed by atoms with Crippen molar-refractivity contribution in [2.45, 2.75) is 12.1 Å². The van der Waals surface area contributed by atoms with Gasteiger partial charge in [0.25, 0.3) is 5.91 Å². The van der Waals surface area contributed by atoms with E-state index in [4.69, 9.17) is 5.11 Å². The van der Waals surface area contributed by atoms with Crippen LogP contribution in [0.5, 0.6) is 0 Å². The molecule has 4 nitrogen and oxygen atoms in total. The summed E-state index contributed by atoms with van der Waals surface area (Å²) in [5.74, 6) is -1.01. The maximum absolute atomic E-state index is 13.0. The molecule has 2 unspecified atom stereocenters. The van der Waals surface area contributed by atoms with E-state index in [0.29, 0.717) is 0 Å². The molecule has 1 aromatic heterocycles. The fraction of sp³-hybridized carbons (Fsp3) is 0.250. The number of aromatic nitrogens is 1. The first-order valence-electron chi connectivity index (χ1n) is 3.79. The summed E-state index contributed by atoms with van der Waals surface area (Å²) in [5, 5.41) is 11.5. The van der Waals surface area contributed by atoms with Crippen molar-refractivity contribution < 1.29 is 14.3 Å². The number of hydrogen-bond acceptors (Lipinski definition) is 3. The number of hydrogen-bond donors (Lipinski definition) is 2. The molecule has 1 aliphatic rings. The molecule has 2 atom stereocenters. The third kappa shape index (κ3) is 1.17. The quantitative estimate of drug-likeness (QED) is 0.589. The molecule has 0 saturated carbocycles. The lowest BCUT2D eigenvalue weighted by Crippen LogP contribution is -2.56. The molecule has 0 aromatic carbocycles. The third-order valence-corrected chi connectivity index (χ3v) is 1.96. The Morgan fingerprint density at radius 1 is 1.62 bits per heavy atom. The number of pyridine rings is 1. The molecule has 1 fully saturated rings. The second-order valence-corrected chi connectivity index (χ2v) is 2.80. The van der Waals surface area contributed by atoms with E-state index in [-0.39, 0.29) is 5.69 Å². The Morgan fingerprint density at radius 2 is 2.38 bits per heavy atom. The number of halogens is 1. The molecule has 1 saturated heterocycles. The molecule has 1 aromatic rings. The average Bonchev–Trinajstić information content (AvgIpc) is 2.15. The highest BCUT2D eigenvalue weighted by Crippen LogP contribution is 2.24. The van der Waals surface area contributed by atoms with Crippen LogP contribution in [0.25, 0.3) is 0 Å². The zero-order valence-electron chi connectivity index (χ0n) is 6.57. The number of rotatable bonds is 1. The summed E-state index contributed by atoms with van der Waals surface area (Å²) < 4.78 is 13.0. The van der Waals surface area contributed by atoms with Crippen molar-refractivity contribution in [1.82, 2.24) is 10.3 Å². The predicted molar refractivity (Wildman–Crippen MR) is 41.1 cm³/mol. The van der Waals surface area contributed by atoms with E-state index >= 15 is 0 Å². The van der Waals surface area contributed by atoms with Gasteiger partial charge in [0.05, 0.1) is 0 Å². The lowest BCUT2D eigenvalue weighted by molar-refractivity contribution is -0.142. The van der Waals surface area contributed by atoms with Gasteiger partial charge in [-0.2, -0.15) is 0 Å². The maximum Gasteiger partial charge on any atom is 0.252 e. The number of nitrogens with one attached hydrogen (secondary N) is 1. The van der Waals surface area contributed by atoms with Crippen LogP contribution in [0.3, 0.4) is 0 Å². The Labute approximate surface area is 73.4 Å². The van der Waals surface area contributed by atoms with Crippen LogP contribution in [-0.4, -0.2) is 22.1 Å². The van der Waals surface area contributed by atoms with Gasteiger partial charge in [-0.3, -0.25) is 9.78 Å². The normalized spacial score (nSPS) is 26.5. The van der Waals surface area contributed by atoms with Gasteiger partial charge in [0.2, 0.25) is 0 Å². The van der Waals surface area contributed by atoms with Gasteiger partial charge < -0.3 is 10.4 Å². The largest absolute Gasteiger partial charge is 0.381 e. The fourth-order valence-electron chi connectivity index (χ4n) is 1.22. The monoisotopic (exact) mass is 182 g/mol. The van der Waals surface area contributed by atoms with Crippen LogP contribution in [0.2, 0.25) is 0 Å². The molecule has 0 radical (unpaired) electrons. The Morgan fingerprint density at radius 3 is 2.92 bits per heavy atom. The molecule has 1 aliphatic heterocycles. The minimum Gasteiger partial charge on any atom is -0.381 e. The van der Waals surface area contributed by atoms with E-state index in [9.17, 15) is 9.18 Å². The van der Waals surface area contributed by atoms with Crippen molar-refractivity contribution in [3.8, 4) is 0 Å². The smallest absolute Gasteiger partial charge is 0.252 e. The second kappa shape index (κ2) is 2.77. The highest BCUT2D eigenvalue weighted by molar-refractivity contribution is 5.88. The molecule has 2 heterocycles. The number of nitrogens with zero attached hydrogens (tertiary/aromatic N) is 1. The van der Waals surface area contributed by atoms with Crippen molar-refractivity contribution in [3.63, 3.8) is 0 Å². The molecule has 13 heavy (non-hydrogen) atoms. The topological polar surface area (TPSA) is 62.2 Å². The number of carbonyl (C=O) groups excluding carboxylic acids is 1. The number of carbonyl (C=O) groups is 1. The first-order valence-corrected chi connectivity index (χ1v) is 3.79. The summed E-state index contributed by atoms with van der Waals surface area (Å²) in [7, 11) is 0. The van der Waals surface area contributed by atoms with E-state index in [1.54, 1.807) is 0 Å².